The molecule has 3 heteroatoms. The van der Waals surface area contributed by atoms with Crippen molar-refractivity contribution in [1.29, 1.82) is 0 Å². The minimum Gasteiger partial charge on any atom is -0.497 e. The summed E-state index contributed by atoms with van der Waals surface area (Å²) in [6, 6.07) is 12.1. The Kier molecular flexibility index (Phi) is 5.81. The van der Waals surface area contributed by atoms with Gasteiger partial charge in [0.1, 0.15) is 11.5 Å². The van der Waals surface area contributed by atoms with Crippen LogP contribution in [-0.2, 0) is 17.6 Å². The number of Topliss-reactive ketones (excluding diaryl/α,β-unsaturated/α-hetero) is 1. The van der Waals surface area contributed by atoms with Crippen molar-refractivity contribution in [3.05, 3.63) is 52.2 Å². The lowest BCUT2D eigenvalue weighted by molar-refractivity contribution is -0.119. The molecule has 2 rings (SSSR count). The van der Waals surface area contributed by atoms with E-state index in [4.69, 9.17) is 4.74 Å². The van der Waals surface area contributed by atoms with Crippen molar-refractivity contribution in [1.82, 2.24) is 0 Å². The minimum atomic E-state index is 0.359. The molecule has 0 fully saturated rings. The Bertz CT molecular complexity index is 514. The van der Waals surface area contributed by atoms with Gasteiger partial charge in [0.05, 0.1) is 7.11 Å². The average Bonchev–Trinajstić information content (AvgIpc) is 2.99. The molecule has 0 saturated carbocycles. The third kappa shape index (κ3) is 4.82. The summed E-state index contributed by atoms with van der Waals surface area (Å²) < 4.78 is 5.12. The fourth-order valence-corrected chi connectivity index (χ4v) is 2.87. The summed E-state index contributed by atoms with van der Waals surface area (Å²) >= 11 is 1.77. The van der Waals surface area contributed by atoms with E-state index in [1.165, 1.54) is 10.4 Å². The molecule has 0 spiro atoms. The molecule has 0 bridgehead atoms. The first-order valence-electron chi connectivity index (χ1n) is 6.95. The zero-order valence-electron chi connectivity index (χ0n) is 11.8. The number of hydrogen-bond donors (Lipinski definition) is 0. The average molecular weight is 288 g/mol. The molecule has 1 heterocycles. The number of aryl methyl sites for hydroxylation is 2. The minimum absolute atomic E-state index is 0.359. The molecule has 0 aliphatic rings. The van der Waals surface area contributed by atoms with Gasteiger partial charge in [-0.05, 0) is 48.4 Å². The maximum absolute atomic E-state index is 11.8. The molecule has 2 nitrogen and oxygen atoms in total. The van der Waals surface area contributed by atoms with Gasteiger partial charge < -0.3 is 4.74 Å². The topological polar surface area (TPSA) is 26.3 Å². The molecule has 2 aromatic rings. The lowest BCUT2D eigenvalue weighted by atomic mass is 10.0. The fraction of sp³-hybridized carbons (Fsp3) is 0.353. The summed E-state index contributed by atoms with van der Waals surface area (Å²) in [6.07, 6.45) is 4.13. The van der Waals surface area contributed by atoms with E-state index in [2.05, 4.69) is 17.5 Å². The van der Waals surface area contributed by atoms with Crippen LogP contribution in [0.15, 0.2) is 41.8 Å². The van der Waals surface area contributed by atoms with Gasteiger partial charge in [0, 0.05) is 17.7 Å². The van der Waals surface area contributed by atoms with E-state index in [-0.39, 0.29) is 0 Å². The van der Waals surface area contributed by atoms with Crippen molar-refractivity contribution in [3.8, 4) is 5.75 Å². The highest BCUT2D eigenvalue weighted by Crippen LogP contribution is 2.15. The Morgan fingerprint density at radius 3 is 2.55 bits per heavy atom. The van der Waals surface area contributed by atoms with E-state index < -0.39 is 0 Å². The number of rotatable bonds is 8. The van der Waals surface area contributed by atoms with Crippen LogP contribution >= 0.6 is 11.3 Å². The molecule has 20 heavy (non-hydrogen) atoms. The van der Waals surface area contributed by atoms with Gasteiger partial charge in [0.25, 0.3) is 0 Å². The highest BCUT2D eigenvalue weighted by molar-refractivity contribution is 7.09. The van der Waals surface area contributed by atoms with Crippen LogP contribution in [0.4, 0.5) is 0 Å². The second-order valence-corrected chi connectivity index (χ2v) is 5.85. The first-order chi connectivity index (χ1) is 9.78. The number of carbonyl (C=O) groups is 1. The largest absolute Gasteiger partial charge is 0.497 e. The van der Waals surface area contributed by atoms with Crippen LogP contribution in [0.2, 0.25) is 0 Å². The lowest BCUT2D eigenvalue weighted by Crippen LogP contribution is -2.01. The Hall–Kier alpha value is -1.61. The van der Waals surface area contributed by atoms with Crippen molar-refractivity contribution < 1.29 is 9.53 Å². The monoisotopic (exact) mass is 288 g/mol. The molecule has 1 aromatic heterocycles. The molecule has 0 unspecified atom stereocenters. The van der Waals surface area contributed by atoms with Crippen molar-refractivity contribution in [2.24, 2.45) is 0 Å². The van der Waals surface area contributed by atoms with Crippen LogP contribution < -0.4 is 4.74 Å². The number of benzene rings is 1. The van der Waals surface area contributed by atoms with Crippen LogP contribution in [0, 0.1) is 0 Å². The van der Waals surface area contributed by atoms with Gasteiger partial charge >= 0.3 is 0 Å². The predicted octanol–water partition coefficient (Wildman–Crippen LogP) is 4.28. The lowest BCUT2D eigenvalue weighted by Gasteiger charge is -2.03. The normalized spacial score (nSPS) is 10.4. The smallest absolute Gasteiger partial charge is 0.133 e. The number of ether oxygens (including phenoxy) is 1. The second-order valence-electron chi connectivity index (χ2n) is 4.82. The van der Waals surface area contributed by atoms with Crippen LogP contribution in [0.5, 0.6) is 5.75 Å². The van der Waals surface area contributed by atoms with Gasteiger partial charge in [-0.1, -0.05) is 18.2 Å². The highest BCUT2D eigenvalue weighted by Gasteiger charge is 2.04. The van der Waals surface area contributed by atoms with Crippen molar-refractivity contribution in [2.75, 3.05) is 7.11 Å². The summed E-state index contributed by atoms with van der Waals surface area (Å²) in [5.74, 6) is 1.22. The van der Waals surface area contributed by atoms with Crippen molar-refractivity contribution in [2.45, 2.75) is 32.1 Å². The highest BCUT2D eigenvalue weighted by atomic mass is 32.1. The molecule has 0 saturated heterocycles. The molecule has 0 atom stereocenters. The van der Waals surface area contributed by atoms with E-state index in [1.807, 2.05) is 24.3 Å². The molecule has 0 radical (unpaired) electrons. The number of hydrogen-bond acceptors (Lipinski definition) is 3. The van der Waals surface area contributed by atoms with Crippen molar-refractivity contribution >= 4 is 17.1 Å². The molecule has 0 N–H and O–H groups in total. The summed E-state index contributed by atoms with van der Waals surface area (Å²) in [7, 11) is 1.66. The molecule has 0 amide bonds. The summed E-state index contributed by atoms with van der Waals surface area (Å²) in [4.78, 5) is 13.2. The van der Waals surface area contributed by atoms with Gasteiger partial charge in [-0.3, -0.25) is 4.79 Å². The number of methoxy groups -OCH3 is 1. The van der Waals surface area contributed by atoms with Crippen molar-refractivity contribution in [3.63, 3.8) is 0 Å². The van der Waals surface area contributed by atoms with Crippen LogP contribution in [0.25, 0.3) is 0 Å². The van der Waals surface area contributed by atoms with Gasteiger partial charge in [-0.15, -0.1) is 11.3 Å². The molecule has 0 aliphatic heterocycles. The maximum Gasteiger partial charge on any atom is 0.133 e. The van der Waals surface area contributed by atoms with Gasteiger partial charge in [-0.25, -0.2) is 0 Å². The van der Waals surface area contributed by atoms with Gasteiger partial charge in [0.2, 0.25) is 0 Å². The molecule has 1 aromatic carbocycles. The Balaban J connectivity index is 1.66. The Morgan fingerprint density at radius 2 is 1.90 bits per heavy atom. The van der Waals surface area contributed by atoms with Gasteiger partial charge in [0.15, 0.2) is 0 Å². The summed E-state index contributed by atoms with van der Waals surface area (Å²) in [5, 5.41) is 2.08. The Morgan fingerprint density at radius 1 is 1.10 bits per heavy atom. The maximum atomic E-state index is 11.8. The zero-order chi connectivity index (χ0) is 14.2. The quantitative estimate of drug-likeness (QED) is 0.724. The molecule has 0 aliphatic carbocycles. The summed E-state index contributed by atoms with van der Waals surface area (Å²) in [6.45, 7) is 0. The Labute approximate surface area is 124 Å². The standard InChI is InChI=1S/C17H20O2S/c1-19-16-11-8-14(9-12-16)7-10-15(18)4-2-5-17-6-3-13-20-17/h3,6,8-9,11-13H,2,4-5,7,10H2,1H3. The summed E-state index contributed by atoms with van der Waals surface area (Å²) in [5.41, 5.74) is 1.19. The molecular weight excluding hydrogens is 268 g/mol. The second kappa shape index (κ2) is 7.85. The van der Waals surface area contributed by atoms with E-state index >= 15 is 0 Å². The number of carbonyl (C=O) groups excluding carboxylic acids is 1. The van der Waals surface area contributed by atoms with Crippen LogP contribution in [0.3, 0.4) is 0 Å². The van der Waals surface area contributed by atoms with Gasteiger partial charge in [-0.2, -0.15) is 0 Å². The van der Waals surface area contributed by atoms with E-state index in [1.54, 1.807) is 18.4 Å². The zero-order valence-corrected chi connectivity index (χ0v) is 12.6. The molecular formula is C17H20O2S. The van der Waals surface area contributed by atoms with E-state index in [0.29, 0.717) is 18.6 Å². The van der Waals surface area contributed by atoms with Crippen LogP contribution in [0.1, 0.15) is 29.7 Å². The van der Waals surface area contributed by atoms with E-state index in [0.717, 1.165) is 25.0 Å². The molecule has 106 valence electrons. The number of thiophene rings is 1. The first-order valence-corrected chi connectivity index (χ1v) is 7.83. The van der Waals surface area contributed by atoms with Crippen LogP contribution in [-0.4, -0.2) is 12.9 Å². The first kappa shape index (κ1) is 14.8. The SMILES string of the molecule is COc1ccc(CCC(=O)CCCc2cccs2)cc1. The fourth-order valence-electron chi connectivity index (χ4n) is 2.12. The predicted molar refractivity (Wildman–Crippen MR) is 83.6 cm³/mol. The third-order valence-electron chi connectivity index (χ3n) is 3.31. The third-order valence-corrected chi connectivity index (χ3v) is 4.25. The number of ketones is 1. The van der Waals surface area contributed by atoms with E-state index in [9.17, 15) is 4.79 Å².